The minimum atomic E-state index is -4.02. The first kappa shape index (κ1) is 45.7. The van der Waals surface area contributed by atoms with Crippen molar-refractivity contribution in [2.75, 3.05) is 0 Å². The smallest absolute Gasteiger partial charge is 0.471 e. The summed E-state index contributed by atoms with van der Waals surface area (Å²) in [6, 6.07) is 5.44. The minimum Gasteiger partial charge on any atom is -0.471 e. The Labute approximate surface area is 337 Å². The Kier molecular flexibility index (Phi) is 13.7. The van der Waals surface area contributed by atoms with Gasteiger partial charge in [0.15, 0.2) is 0 Å². The highest BCUT2D eigenvalue weighted by atomic mass is 28.6. The number of hydrogen-bond donors (Lipinski definition) is 0. The summed E-state index contributed by atoms with van der Waals surface area (Å²) in [5, 5.41) is 0. The van der Waals surface area contributed by atoms with Crippen LogP contribution in [0.5, 0.6) is 0 Å². The standard InChI is InChI=1S/C36H76O10Si8/c1-28(2)17-47-24-48(18-29(3)4)41-51(21-32(9)10)25-49(39-47,19-30(5)6)42-52(22-33(11)12)26-50(40-47,20-31(7)8)44-53(43-48,23-34(13)14)27-54(45-51,46-52)38-36(37)35(15)16/h28-34H,15,17-27H2,1-14,16H3. The van der Waals surface area contributed by atoms with E-state index in [1.165, 1.54) is 0 Å². The molecule has 0 aliphatic carbocycles. The third-order valence-electron chi connectivity index (χ3n) is 10.6. The Morgan fingerprint density at radius 2 is 0.630 bits per heavy atom. The number of carbonyl (C=O) groups excluding carboxylic acids is 1. The van der Waals surface area contributed by atoms with E-state index in [0.717, 1.165) is 42.3 Å². The van der Waals surface area contributed by atoms with Crippen LogP contribution in [0.2, 0.25) is 65.0 Å². The molecular formula is C36H76O10Si8. The second kappa shape index (κ2) is 16.2. The fraction of sp³-hybridized carbons (Fsp3) is 0.917. The lowest BCUT2D eigenvalue weighted by atomic mass is 10.3. The van der Waals surface area contributed by atoms with Gasteiger partial charge in [-0.3, -0.25) is 0 Å². The number of rotatable bonds is 16. The van der Waals surface area contributed by atoms with Gasteiger partial charge in [-0.1, -0.05) is 104 Å². The Morgan fingerprint density at radius 1 is 0.426 bits per heavy atom. The summed E-state index contributed by atoms with van der Waals surface area (Å²) >= 11 is 0. The zero-order valence-corrected chi connectivity index (χ0v) is 44.6. The lowest BCUT2D eigenvalue weighted by Crippen LogP contribution is -2.85. The predicted octanol–water partition coefficient (Wildman–Crippen LogP) is 10.1. The van der Waals surface area contributed by atoms with Crippen molar-refractivity contribution >= 4 is 74.7 Å². The van der Waals surface area contributed by atoms with Crippen LogP contribution < -0.4 is 0 Å². The molecule has 0 radical (unpaired) electrons. The van der Waals surface area contributed by atoms with E-state index in [9.17, 15) is 4.79 Å². The van der Waals surface area contributed by atoms with Gasteiger partial charge in [-0.15, -0.1) is 0 Å². The topological polar surface area (TPSA) is 100 Å². The summed E-state index contributed by atoms with van der Waals surface area (Å²) in [6.07, 6.45) is 0. The maximum atomic E-state index is 14.1. The van der Waals surface area contributed by atoms with Crippen LogP contribution in [-0.2, 0) is 42.1 Å². The molecule has 8 unspecified atom stereocenters. The van der Waals surface area contributed by atoms with Crippen LogP contribution in [0.15, 0.2) is 12.2 Å². The second-order valence-corrected chi connectivity index (χ2v) is 50.3. The van der Waals surface area contributed by atoms with E-state index < -0.39 is 74.7 Å². The number of hydrogen-bond acceptors (Lipinski definition) is 10. The monoisotopic (exact) mass is 892 g/mol. The molecule has 6 aliphatic heterocycles. The Morgan fingerprint density at radius 3 is 0.833 bits per heavy atom. The molecule has 6 saturated heterocycles. The molecule has 10 nitrogen and oxygen atoms in total. The van der Waals surface area contributed by atoms with Crippen LogP contribution in [0.4, 0.5) is 0 Å². The molecule has 0 spiro atoms. The predicted molar refractivity (Wildman–Crippen MR) is 232 cm³/mol. The molecule has 54 heavy (non-hydrogen) atoms. The van der Waals surface area contributed by atoms with E-state index in [1.54, 1.807) is 6.92 Å². The first-order valence-electron chi connectivity index (χ1n) is 21.2. The molecule has 0 amide bonds. The van der Waals surface area contributed by atoms with E-state index in [4.69, 9.17) is 37.3 Å². The summed E-state index contributed by atoms with van der Waals surface area (Å²) in [7, 11) is -27.0. The van der Waals surface area contributed by atoms with E-state index in [-0.39, 0.29) is 17.8 Å². The Bertz CT molecular complexity index is 1230. The van der Waals surface area contributed by atoms with Gasteiger partial charge in [0.2, 0.25) is 0 Å². The van der Waals surface area contributed by atoms with E-state index in [2.05, 4.69) is 104 Å². The van der Waals surface area contributed by atoms with E-state index >= 15 is 0 Å². The normalized spacial score (nSPS) is 40.6. The minimum absolute atomic E-state index is 0.252. The largest absolute Gasteiger partial charge is 0.552 e. The molecule has 6 fully saturated rings. The van der Waals surface area contributed by atoms with Crippen molar-refractivity contribution in [3.63, 3.8) is 0 Å². The van der Waals surface area contributed by atoms with Gasteiger partial charge >= 0.3 is 74.7 Å². The zero-order valence-electron chi connectivity index (χ0n) is 36.6. The average Bonchev–Trinajstić information content (AvgIpc) is 2.85. The van der Waals surface area contributed by atoms with Crippen molar-refractivity contribution in [2.24, 2.45) is 41.4 Å². The molecule has 312 valence electrons. The van der Waals surface area contributed by atoms with Gasteiger partial charge in [0.05, 0.1) is 5.67 Å². The third kappa shape index (κ3) is 10.3. The summed E-state index contributed by atoms with van der Waals surface area (Å²) in [5.41, 5.74) is 2.63. The van der Waals surface area contributed by atoms with Gasteiger partial charge in [-0.05, 0) is 90.7 Å². The zero-order chi connectivity index (χ0) is 40.3. The van der Waals surface area contributed by atoms with Gasteiger partial charge in [0.1, 0.15) is 0 Å². The van der Waals surface area contributed by atoms with Crippen LogP contribution in [0.3, 0.4) is 0 Å². The molecule has 0 aromatic rings. The maximum absolute atomic E-state index is 14.1. The Balaban J connectivity index is 1.99. The summed E-state index contributed by atoms with van der Waals surface area (Å²) < 4.78 is 71.9. The van der Waals surface area contributed by atoms with Crippen molar-refractivity contribution in [1.29, 1.82) is 0 Å². The van der Waals surface area contributed by atoms with Gasteiger partial charge in [0, 0.05) is 22.6 Å². The van der Waals surface area contributed by atoms with Gasteiger partial charge in [0.25, 0.3) is 0 Å². The lowest BCUT2D eigenvalue weighted by molar-refractivity contribution is -0.133. The lowest BCUT2D eigenvalue weighted by Gasteiger charge is -2.65. The van der Waals surface area contributed by atoms with E-state index in [1.807, 2.05) is 0 Å². The first-order valence-corrected chi connectivity index (χ1v) is 38.8. The van der Waals surface area contributed by atoms with Gasteiger partial charge in [-0.25, -0.2) is 4.79 Å². The molecule has 8 atom stereocenters. The molecule has 0 aromatic carbocycles. The Hall–Kier alpha value is 0.625. The fourth-order valence-corrected chi connectivity index (χ4v) is 81.8. The highest BCUT2D eigenvalue weighted by Crippen LogP contribution is 2.59. The number of carbonyl (C=O) groups is 1. The summed E-state index contributed by atoms with van der Waals surface area (Å²) in [4.78, 5) is 14.1. The summed E-state index contributed by atoms with van der Waals surface area (Å²) in [5.74, 6) is 1.57. The van der Waals surface area contributed by atoms with Crippen LogP contribution in [0.25, 0.3) is 0 Å². The average molecular weight is 894 g/mol. The third-order valence-corrected chi connectivity index (χ3v) is 61.3. The van der Waals surface area contributed by atoms with Crippen LogP contribution in [0.1, 0.15) is 104 Å². The maximum Gasteiger partial charge on any atom is 0.552 e. The molecule has 18 heteroatoms. The van der Waals surface area contributed by atoms with Crippen molar-refractivity contribution < 1.29 is 42.1 Å². The van der Waals surface area contributed by atoms with Crippen molar-refractivity contribution in [3.8, 4) is 0 Å². The quantitative estimate of drug-likeness (QED) is 0.110. The highest BCUT2D eigenvalue weighted by molar-refractivity contribution is 7.12. The van der Waals surface area contributed by atoms with E-state index in [0.29, 0.717) is 51.9 Å². The SMILES string of the molecule is C=C(C)C(=O)O[Si]12C[Si]3(CC(C)C)O[Si]4(CC(C)C)C[Si](CC(C)C)(O[Si]5(CC(C)C)C[Si](CC(C)C)(O[Si](CC(C)C)(C[Si](CC(C)C)(O4)O5)O3)O1)O2. The molecule has 6 heterocycles. The van der Waals surface area contributed by atoms with Gasteiger partial charge < -0.3 is 37.3 Å². The van der Waals surface area contributed by atoms with Crippen LogP contribution in [-0.4, -0.2) is 74.7 Å². The second-order valence-electron chi connectivity index (χ2n) is 20.9. The molecule has 0 N–H and O–H groups in total. The van der Waals surface area contributed by atoms with Crippen LogP contribution >= 0.6 is 0 Å². The summed E-state index contributed by atoms with van der Waals surface area (Å²) in [6.45, 7) is 37.6. The molecule has 0 saturated carbocycles. The molecule has 0 aromatic heterocycles. The highest BCUT2D eigenvalue weighted by Gasteiger charge is 2.80. The fourth-order valence-electron chi connectivity index (χ4n) is 10.7. The van der Waals surface area contributed by atoms with Crippen LogP contribution in [0, 0.1) is 41.4 Å². The van der Waals surface area contributed by atoms with Crippen molar-refractivity contribution in [2.45, 2.75) is 169 Å². The molecule has 6 aliphatic rings. The molecule has 8 bridgehead atoms. The molecular weight excluding hydrogens is 817 g/mol. The van der Waals surface area contributed by atoms with Crippen molar-refractivity contribution in [1.82, 2.24) is 0 Å². The first-order chi connectivity index (χ1) is 24.7. The van der Waals surface area contributed by atoms with Gasteiger partial charge in [-0.2, -0.15) is 0 Å². The molecule has 6 rings (SSSR count). The van der Waals surface area contributed by atoms with Crippen molar-refractivity contribution in [3.05, 3.63) is 12.2 Å².